The van der Waals surface area contributed by atoms with E-state index in [-0.39, 0.29) is 11.3 Å². The van der Waals surface area contributed by atoms with Gasteiger partial charge in [0.1, 0.15) is 12.4 Å². The van der Waals surface area contributed by atoms with Crippen LogP contribution in [0.4, 0.5) is 4.39 Å². The van der Waals surface area contributed by atoms with Gasteiger partial charge in [-0.25, -0.2) is 28.7 Å². The van der Waals surface area contributed by atoms with Gasteiger partial charge in [-0.05, 0) is 18.2 Å². The normalized spacial score (nSPS) is 9.89. The number of nitrogens with one attached hydrogen (secondary N) is 2. The number of aliphatic hydroxyl groups is 1. The third-order valence-corrected chi connectivity index (χ3v) is 2.18. The molecule has 0 fully saturated rings. The molecule has 7 heteroatoms. The fourth-order valence-electron chi connectivity index (χ4n) is 1.47. The first-order valence-corrected chi connectivity index (χ1v) is 4.93. The van der Waals surface area contributed by atoms with Crippen LogP contribution in [0.25, 0.3) is 5.69 Å². The van der Waals surface area contributed by atoms with Crippen molar-refractivity contribution < 1.29 is 9.50 Å². The zero-order chi connectivity index (χ0) is 13.1. The van der Waals surface area contributed by atoms with Crippen LogP contribution in [-0.2, 0) is 0 Å². The van der Waals surface area contributed by atoms with E-state index < -0.39 is 23.8 Å². The van der Waals surface area contributed by atoms with Gasteiger partial charge in [0.2, 0.25) is 0 Å². The van der Waals surface area contributed by atoms with Crippen LogP contribution >= 0.6 is 0 Å². The molecule has 0 radical (unpaired) electrons. The minimum Gasteiger partial charge on any atom is -0.384 e. The maximum Gasteiger partial charge on any atom is 0.349 e. The summed E-state index contributed by atoms with van der Waals surface area (Å²) in [6.07, 6.45) is 0. The summed E-state index contributed by atoms with van der Waals surface area (Å²) in [4.78, 5) is 22.9. The molecular formula is C11H8FN3O3. The van der Waals surface area contributed by atoms with Gasteiger partial charge in [0, 0.05) is 0 Å². The second-order valence-electron chi connectivity index (χ2n) is 3.32. The van der Waals surface area contributed by atoms with Gasteiger partial charge in [-0.1, -0.05) is 11.8 Å². The Morgan fingerprint density at radius 3 is 2.56 bits per heavy atom. The summed E-state index contributed by atoms with van der Waals surface area (Å²) in [6.45, 7) is -0.408. The van der Waals surface area contributed by atoms with Gasteiger partial charge in [0.25, 0.3) is 0 Å². The first kappa shape index (κ1) is 11.9. The number of aromatic nitrogens is 3. The van der Waals surface area contributed by atoms with E-state index in [0.29, 0.717) is 0 Å². The van der Waals surface area contributed by atoms with Crippen molar-refractivity contribution in [1.29, 1.82) is 0 Å². The SMILES string of the molecule is O=c1[nH][nH]c(=O)n1-c1ccc(F)cc1C#CCO. The molecule has 0 aliphatic rings. The van der Waals surface area contributed by atoms with Crippen LogP contribution in [0.15, 0.2) is 27.8 Å². The van der Waals surface area contributed by atoms with E-state index in [2.05, 4.69) is 22.0 Å². The first-order valence-electron chi connectivity index (χ1n) is 4.93. The molecule has 18 heavy (non-hydrogen) atoms. The molecule has 0 saturated carbocycles. The lowest BCUT2D eigenvalue weighted by Crippen LogP contribution is -2.25. The minimum absolute atomic E-state index is 0.135. The molecule has 92 valence electrons. The van der Waals surface area contributed by atoms with Crippen LogP contribution in [0.5, 0.6) is 0 Å². The van der Waals surface area contributed by atoms with Gasteiger partial charge in [0.05, 0.1) is 11.3 Å². The molecule has 2 rings (SSSR count). The molecule has 0 aliphatic heterocycles. The van der Waals surface area contributed by atoms with Gasteiger partial charge in [0.15, 0.2) is 0 Å². The van der Waals surface area contributed by atoms with Crippen molar-refractivity contribution in [2.75, 3.05) is 6.61 Å². The Bertz CT molecular complexity index is 718. The predicted octanol–water partition coefficient (Wildman–Crippen LogP) is -0.663. The average molecular weight is 249 g/mol. The lowest BCUT2D eigenvalue weighted by atomic mass is 10.1. The smallest absolute Gasteiger partial charge is 0.349 e. The minimum atomic E-state index is -0.682. The van der Waals surface area contributed by atoms with Crippen LogP contribution in [0.3, 0.4) is 0 Å². The highest BCUT2D eigenvalue weighted by Crippen LogP contribution is 2.12. The molecule has 0 spiro atoms. The van der Waals surface area contributed by atoms with Crippen molar-refractivity contribution >= 4 is 0 Å². The summed E-state index contributed by atoms with van der Waals surface area (Å²) < 4.78 is 13.9. The highest BCUT2D eigenvalue weighted by atomic mass is 19.1. The van der Waals surface area contributed by atoms with Gasteiger partial charge < -0.3 is 5.11 Å². The van der Waals surface area contributed by atoms with Crippen molar-refractivity contribution in [2.24, 2.45) is 0 Å². The zero-order valence-electron chi connectivity index (χ0n) is 9.03. The van der Waals surface area contributed by atoms with E-state index >= 15 is 0 Å². The molecule has 1 aromatic carbocycles. The summed E-state index contributed by atoms with van der Waals surface area (Å²) in [6, 6.07) is 3.45. The van der Waals surface area contributed by atoms with Crippen LogP contribution in [0, 0.1) is 17.7 Å². The number of aliphatic hydroxyl groups excluding tert-OH is 1. The average Bonchev–Trinajstić information content (AvgIpc) is 2.67. The fourth-order valence-corrected chi connectivity index (χ4v) is 1.47. The Balaban J connectivity index is 2.72. The van der Waals surface area contributed by atoms with Gasteiger partial charge in [-0.15, -0.1) is 0 Å². The van der Waals surface area contributed by atoms with Crippen molar-refractivity contribution in [1.82, 2.24) is 14.8 Å². The molecule has 0 bridgehead atoms. The zero-order valence-corrected chi connectivity index (χ0v) is 9.03. The van der Waals surface area contributed by atoms with Gasteiger partial charge in [-0.3, -0.25) is 0 Å². The van der Waals surface area contributed by atoms with Crippen molar-refractivity contribution in [3.05, 3.63) is 50.5 Å². The van der Waals surface area contributed by atoms with Gasteiger partial charge in [-0.2, -0.15) is 0 Å². The third-order valence-electron chi connectivity index (χ3n) is 2.18. The molecule has 2 aromatic rings. The third kappa shape index (κ3) is 2.09. The number of rotatable bonds is 1. The summed E-state index contributed by atoms with van der Waals surface area (Å²) in [5, 5.41) is 12.8. The lowest BCUT2D eigenvalue weighted by Gasteiger charge is -2.02. The molecule has 0 saturated heterocycles. The highest BCUT2D eigenvalue weighted by Gasteiger charge is 2.10. The molecule has 0 aliphatic carbocycles. The molecule has 0 amide bonds. The Labute approximate surface area is 99.7 Å². The molecular weight excluding hydrogens is 241 g/mol. The Kier molecular flexibility index (Phi) is 3.12. The van der Waals surface area contributed by atoms with E-state index in [9.17, 15) is 14.0 Å². The summed E-state index contributed by atoms with van der Waals surface area (Å²) in [7, 11) is 0. The number of benzene rings is 1. The maximum absolute atomic E-state index is 13.1. The number of hydrogen-bond donors (Lipinski definition) is 3. The number of H-pyrrole nitrogens is 2. The van der Waals surface area contributed by atoms with E-state index in [1.807, 2.05) is 0 Å². The predicted molar refractivity (Wildman–Crippen MR) is 60.9 cm³/mol. The first-order chi connectivity index (χ1) is 8.63. The number of halogens is 1. The summed E-state index contributed by atoms with van der Waals surface area (Å²) in [5.41, 5.74) is -1.08. The standard InChI is InChI=1S/C11H8FN3O3/c12-8-3-4-9(7(6-8)2-1-5-16)15-10(17)13-14-11(15)18/h3-4,6,16H,5H2,(H,13,17)(H,14,18). The number of aromatic amines is 2. The van der Waals surface area contributed by atoms with E-state index in [0.717, 1.165) is 16.7 Å². The molecule has 6 nitrogen and oxygen atoms in total. The van der Waals surface area contributed by atoms with E-state index in [1.165, 1.54) is 6.07 Å². The Morgan fingerprint density at radius 2 is 1.94 bits per heavy atom. The molecule has 3 N–H and O–H groups in total. The Hall–Kier alpha value is -2.59. The molecule has 0 unspecified atom stereocenters. The Morgan fingerprint density at radius 1 is 1.28 bits per heavy atom. The maximum atomic E-state index is 13.1. The lowest BCUT2D eigenvalue weighted by molar-refractivity contribution is 0.350. The molecule has 0 atom stereocenters. The van der Waals surface area contributed by atoms with Crippen molar-refractivity contribution in [2.45, 2.75) is 0 Å². The van der Waals surface area contributed by atoms with Crippen LogP contribution in [-0.4, -0.2) is 26.5 Å². The highest BCUT2D eigenvalue weighted by molar-refractivity contribution is 5.51. The number of hydrogen-bond acceptors (Lipinski definition) is 3. The summed E-state index contributed by atoms with van der Waals surface area (Å²) >= 11 is 0. The van der Waals surface area contributed by atoms with Crippen molar-refractivity contribution in [3.8, 4) is 17.5 Å². The number of nitrogens with zero attached hydrogens (tertiary/aromatic N) is 1. The fraction of sp³-hybridized carbons (Fsp3) is 0.0909. The second-order valence-corrected chi connectivity index (χ2v) is 3.32. The van der Waals surface area contributed by atoms with Crippen LogP contribution in [0.2, 0.25) is 0 Å². The molecule has 1 heterocycles. The van der Waals surface area contributed by atoms with Gasteiger partial charge >= 0.3 is 11.4 Å². The second kappa shape index (κ2) is 4.73. The summed E-state index contributed by atoms with van der Waals surface area (Å²) in [5.74, 6) is 4.26. The van der Waals surface area contributed by atoms with E-state index in [1.54, 1.807) is 0 Å². The quantitative estimate of drug-likeness (QED) is 0.586. The van der Waals surface area contributed by atoms with Crippen molar-refractivity contribution in [3.63, 3.8) is 0 Å². The van der Waals surface area contributed by atoms with Crippen LogP contribution < -0.4 is 11.4 Å². The monoisotopic (exact) mass is 249 g/mol. The largest absolute Gasteiger partial charge is 0.384 e. The van der Waals surface area contributed by atoms with E-state index in [4.69, 9.17) is 5.11 Å². The van der Waals surface area contributed by atoms with Crippen LogP contribution in [0.1, 0.15) is 5.56 Å². The molecule has 1 aromatic heterocycles. The topological polar surface area (TPSA) is 90.9 Å².